The molecule has 1 aromatic carbocycles. The Morgan fingerprint density at radius 2 is 1.90 bits per heavy atom. The molecule has 162 valence electrons. The van der Waals surface area contributed by atoms with Gasteiger partial charge in [-0.2, -0.15) is 0 Å². The molecule has 0 amide bonds. The SMILES string of the molecule is FC1CC(CC(c2cccc(Cl)c2Cl)N2CCNCC2)CCC1Nc1ncccn1. The highest BCUT2D eigenvalue weighted by Crippen LogP contribution is 2.40. The zero-order valence-electron chi connectivity index (χ0n) is 16.9. The Morgan fingerprint density at radius 1 is 1.13 bits per heavy atom. The Hall–Kier alpha value is -1.47. The highest BCUT2D eigenvalue weighted by atomic mass is 35.5. The van der Waals surface area contributed by atoms with Crippen molar-refractivity contribution in [3.05, 3.63) is 52.3 Å². The van der Waals surface area contributed by atoms with Gasteiger partial charge >= 0.3 is 0 Å². The number of halogens is 3. The maximum Gasteiger partial charge on any atom is 0.222 e. The molecule has 1 aromatic heterocycles. The lowest BCUT2D eigenvalue weighted by atomic mass is 9.79. The van der Waals surface area contributed by atoms with E-state index in [2.05, 4.69) is 31.6 Å². The number of hydrogen-bond donors (Lipinski definition) is 2. The summed E-state index contributed by atoms with van der Waals surface area (Å²) < 4.78 is 15.0. The van der Waals surface area contributed by atoms with Crippen LogP contribution >= 0.6 is 23.2 Å². The van der Waals surface area contributed by atoms with Crippen molar-refractivity contribution >= 4 is 29.2 Å². The van der Waals surface area contributed by atoms with Crippen LogP contribution in [0, 0.1) is 5.92 Å². The normalized spacial score (nSPS) is 26.3. The van der Waals surface area contributed by atoms with E-state index in [4.69, 9.17) is 23.2 Å². The molecule has 30 heavy (non-hydrogen) atoms. The number of nitrogens with one attached hydrogen (secondary N) is 2. The molecule has 4 atom stereocenters. The van der Waals surface area contributed by atoms with Gasteiger partial charge in [0.25, 0.3) is 0 Å². The predicted molar refractivity (Wildman–Crippen MR) is 120 cm³/mol. The van der Waals surface area contributed by atoms with Gasteiger partial charge in [0.2, 0.25) is 5.95 Å². The van der Waals surface area contributed by atoms with E-state index in [1.807, 2.05) is 12.1 Å². The van der Waals surface area contributed by atoms with Crippen molar-refractivity contribution in [2.75, 3.05) is 31.5 Å². The van der Waals surface area contributed by atoms with Crippen LogP contribution in [0.25, 0.3) is 0 Å². The zero-order chi connectivity index (χ0) is 20.9. The first-order valence-electron chi connectivity index (χ1n) is 10.7. The van der Waals surface area contributed by atoms with Crippen molar-refractivity contribution in [3.63, 3.8) is 0 Å². The van der Waals surface area contributed by atoms with Gasteiger partial charge in [-0.25, -0.2) is 14.4 Å². The van der Waals surface area contributed by atoms with Gasteiger partial charge in [-0.3, -0.25) is 4.90 Å². The van der Waals surface area contributed by atoms with Gasteiger partial charge < -0.3 is 10.6 Å². The highest BCUT2D eigenvalue weighted by Gasteiger charge is 2.34. The third-order valence-electron chi connectivity index (χ3n) is 6.25. The molecule has 2 aromatic rings. The molecule has 1 saturated carbocycles. The van der Waals surface area contributed by atoms with Crippen LogP contribution in [0.3, 0.4) is 0 Å². The van der Waals surface area contributed by atoms with E-state index in [9.17, 15) is 0 Å². The van der Waals surface area contributed by atoms with E-state index >= 15 is 4.39 Å². The van der Waals surface area contributed by atoms with Crippen LogP contribution < -0.4 is 10.6 Å². The Morgan fingerprint density at radius 3 is 2.63 bits per heavy atom. The molecule has 1 saturated heterocycles. The van der Waals surface area contributed by atoms with E-state index in [1.165, 1.54) is 0 Å². The van der Waals surface area contributed by atoms with Crippen LogP contribution in [0.2, 0.25) is 10.0 Å². The summed E-state index contributed by atoms with van der Waals surface area (Å²) >= 11 is 12.9. The van der Waals surface area contributed by atoms with Gasteiger partial charge in [-0.1, -0.05) is 35.3 Å². The Balaban J connectivity index is 1.45. The number of nitrogens with zero attached hydrogens (tertiary/aromatic N) is 3. The second-order valence-corrected chi connectivity index (χ2v) is 8.98. The lowest BCUT2D eigenvalue weighted by molar-refractivity contribution is 0.114. The molecular formula is C22H28Cl2FN5. The fraction of sp³-hybridized carbons (Fsp3) is 0.545. The van der Waals surface area contributed by atoms with E-state index in [0.29, 0.717) is 28.3 Å². The standard InChI is InChI=1S/C22H28Cl2FN5/c23-17-4-1-3-16(21(17)24)20(30-11-9-26-10-12-30)14-15-5-6-19(18(25)13-15)29-22-27-7-2-8-28-22/h1-4,7-8,15,18-20,26H,5-6,9-14H2,(H,27,28,29). The van der Waals surface area contributed by atoms with Crippen molar-refractivity contribution in [1.82, 2.24) is 20.2 Å². The predicted octanol–water partition coefficient (Wildman–Crippen LogP) is 4.74. The largest absolute Gasteiger partial charge is 0.349 e. The molecule has 2 fully saturated rings. The first-order valence-corrected chi connectivity index (χ1v) is 11.4. The smallest absolute Gasteiger partial charge is 0.222 e. The zero-order valence-corrected chi connectivity index (χ0v) is 18.4. The van der Waals surface area contributed by atoms with Crippen molar-refractivity contribution in [3.8, 4) is 0 Å². The van der Waals surface area contributed by atoms with Crippen molar-refractivity contribution < 1.29 is 4.39 Å². The first kappa shape index (κ1) is 21.8. The minimum absolute atomic E-state index is 0.150. The lowest BCUT2D eigenvalue weighted by Gasteiger charge is -2.39. The monoisotopic (exact) mass is 451 g/mol. The van der Waals surface area contributed by atoms with Crippen LogP contribution in [0.4, 0.5) is 10.3 Å². The molecule has 1 aliphatic carbocycles. The number of hydrogen-bond acceptors (Lipinski definition) is 5. The summed E-state index contributed by atoms with van der Waals surface area (Å²) in [5.41, 5.74) is 1.06. The Kier molecular flexibility index (Phi) is 7.41. The van der Waals surface area contributed by atoms with Gasteiger partial charge in [0.15, 0.2) is 0 Å². The fourth-order valence-corrected chi connectivity index (χ4v) is 5.11. The van der Waals surface area contributed by atoms with Gasteiger partial charge in [-0.05, 0) is 49.3 Å². The number of piperazine rings is 1. The third kappa shape index (κ3) is 5.22. The van der Waals surface area contributed by atoms with Gasteiger partial charge in [-0.15, -0.1) is 0 Å². The summed E-state index contributed by atoms with van der Waals surface area (Å²) in [6.07, 6.45) is 5.56. The number of benzene rings is 1. The van der Waals surface area contributed by atoms with E-state index in [1.54, 1.807) is 18.5 Å². The molecule has 4 unspecified atom stereocenters. The Labute approximate surface area is 187 Å². The summed E-state index contributed by atoms with van der Waals surface area (Å²) in [6.45, 7) is 3.81. The highest BCUT2D eigenvalue weighted by molar-refractivity contribution is 6.42. The quantitative estimate of drug-likeness (QED) is 0.663. The summed E-state index contributed by atoms with van der Waals surface area (Å²) in [5.74, 6) is 0.790. The number of anilines is 1. The topological polar surface area (TPSA) is 53.1 Å². The second kappa shape index (κ2) is 10.2. The van der Waals surface area contributed by atoms with E-state index in [0.717, 1.165) is 51.0 Å². The molecular weight excluding hydrogens is 424 g/mol. The maximum atomic E-state index is 15.0. The fourth-order valence-electron chi connectivity index (χ4n) is 4.67. The van der Waals surface area contributed by atoms with Crippen molar-refractivity contribution in [1.29, 1.82) is 0 Å². The second-order valence-electron chi connectivity index (χ2n) is 8.20. The van der Waals surface area contributed by atoms with Crippen molar-refractivity contribution in [2.24, 2.45) is 5.92 Å². The number of aromatic nitrogens is 2. The molecule has 2 aliphatic rings. The molecule has 5 nitrogen and oxygen atoms in total. The molecule has 0 bridgehead atoms. The number of rotatable bonds is 6. The molecule has 0 radical (unpaired) electrons. The molecule has 1 aliphatic heterocycles. The Bertz CT molecular complexity index is 818. The van der Waals surface area contributed by atoms with Crippen LogP contribution in [-0.4, -0.2) is 53.3 Å². The number of alkyl halides is 1. The third-order valence-corrected chi connectivity index (χ3v) is 7.08. The lowest BCUT2D eigenvalue weighted by Crippen LogP contribution is -2.46. The average molecular weight is 452 g/mol. The van der Waals surface area contributed by atoms with Crippen LogP contribution in [0.5, 0.6) is 0 Å². The summed E-state index contributed by atoms with van der Waals surface area (Å²) in [7, 11) is 0. The minimum atomic E-state index is -0.925. The van der Waals surface area contributed by atoms with Crippen LogP contribution in [0.1, 0.15) is 37.3 Å². The minimum Gasteiger partial charge on any atom is -0.349 e. The average Bonchev–Trinajstić information content (AvgIpc) is 2.77. The van der Waals surface area contributed by atoms with Gasteiger partial charge in [0.05, 0.1) is 16.1 Å². The molecule has 0 spiro atoms. The van der Waals surface area contributed by atoms with Gasteiger partial charge in [0, 0.05) is 44.6 Å². The summed E-state index contributed by atoms with van der Waals surface area (Å²) in [4.78, 5) is 10.8. The van der Waals surface area contributed by atoms with Crippen molar-refractivity contribution in [2.45, 2.75) is 43.9 Å². The van der Waals surface area contributed by atoms with Crippen LogP contribution in [-0.2, 0) is 0 Å². The van der Waals surface area contributed by atoms with E-state index < -0.39 is 6.17 Å². The summed E-state index contributed by atoms with van der Waals surface area (Å²) in [5, 5.41) is 7.77. The molecule has 2 N–H and O–H groups in total. The summed E-state index contributed by atoms with van der Waals surface area (Å²) in [6, 6.07) is 7.51. The van der Waals surface area contributed by atoms with E-state index in [-0.39, 0.29) is 12.1 Å². The first-order chi connectivity index (χ1) is 14.6. The molecule has 2 heterocycles. The molecule has 4 rings (SSSR count). The maximum absolute atomic E-state index is 15.0. The van der Waals surface area contributed by atoms with Gasteiger partial charge in [0.1, 0.15) is 6.17 Å². The molecule has 8 heteroatoms. The van der Waals surface area contributed by atoms with Crippen LogP contribution in [0.15, 0.2) is 36.7 Å².